The second kappa shape index (κ2) is 1.12. The zero-order valence-electron chi connectivity index (χ0n) is 4.43. The average Bonchev–Trinajstić information content (AvgIpc) is 2.41. The normalized spacial score (nSPS) is 45.7. The van der Waals surface area contributed by atoms with E-state index in [-0.39, 0.29) is 0 Å². The summed E-state index contributed by atoms with van der Waals surface area (Å²) in [5.74, 6) is 2.14. The summed E-state index contributed by atoms with van der Waals surface area (Å²) in [5.41, 5.74) is 0. The summed E-state index contributed by atoms with van der Waals surface area (Å²) in [4.78, 5) is 0. The molecular formula is C7H10. The lowest BCUT2D eigenvalue weighted by atomic mass is 10.1. The highest BCUT2D eigenvalue weighted by molar-refractivity contribution is 5.06. The number of allylic oxidation sites excluding steroid dienone is 2. The Hall–Kier alpha value is -0.260. The van der Waals surface area contributed by atoms with E-state index in [0.717, 1.165) is 11.8 Å². The molecule has 2 rings (SSSR count). The number of fused-ring (bicyclic) bond motifs is 1. The molecule has 0 aromatic heterocycles. The fourth-order valence-electron chi connectivity index (χ4n) is 1.42. The first-order valence-corrected chi connectivity index (χ1v) is 3.13. The lowest BCUT2D eigenvalue weighted by Crippen LogP contribution is -1.83. The van der Waals surface area contributed by atoms with E-state index in [1.54, 1.807) is 0 Å². The number of rotatable bonds is 0. The van der Waals surface area contributed by atoms with Gasteiger partial charge in [0, 0.05) is 0 Å². The lowest BCUT2D eigenvalue weighted by Gasteiger charge is -1.96. The third-order valence-corrected chi connectivity index (χ3v) is 2.06. The van der Waals surface area contributed by atoms with Crippen LogP contribution in [0.25, 0.3) is 0 Å². The van der Waals surface area contributed by atoms with Crippen LogP contribution in [0.2, 0.25) is 0 Å². The van der Waals surface area contributed by atoms with Gasteiger partial charge in [-0.25, -0.2) is 0 Å². The van der Waals surface area contributed by atoms with Crippen LogP contribution < -0.4 is 0 Å². The van der Waals surface area contributed by atoms with Gasteiger partial charge in [0.2, 0.25) is 0 Å². The van der Waals surface area contributed by atoms with E-state index in [1.807, 2.05) is 0 Å². The molecule has 2 aliphatic carbocycles. The average molecular weight is 94.2 g/mol. The first-order chi connectivity index (χ1) is 3.47. The molecule has 2 atom stereocenters. The minimum atomic E-state index is 1.02. The maximum Gasteiger partial charge on any atom is -0.0202 e. The van der Waals surface area contributed by atoms with Gasteiger partial charge in [-0.15, -0.1) is 0 Å². The summed E-state index contributed by atoms with van der Waals surface area (Å²) in [6.45, 7) is 0. The summed E-state index contributed by atoms with van der Waals surface area (Å²) < 4.78 is 0. The predicted molar refractivity (Wildman–Crippen MR) is 30.0 cm³/mol. The van der Waals surface area contributed by atoms with Gasteiger partial charge in [-0.2, -0.15) is 0 Å². The van der Waals surface area contributed by atoms with Crippen LogP contribution in [0.5, 0.6) is 0 Å². The molecule has 0 heteroatoms. The van der Waals surface area contributed by atoms with E-state index in [1.165, 1.54) is 19.3 Å². The lowest BCUT2D eigenvalue weighted by molar-refractivity contribution is 0.682. The molecule has 0 heterocycles. The molecule has 1 fully saturated rings. The van der Waals surface area contributed by atoms with Crippen LogP contribution in [-0.4, -0.2) is 0 Å². The van der Waals surface area contributed by atoms with Gasteiger partial charge in [-0.1, -0.05) is 12.2 Å². The minimum Gasteiger partial charge on any atom is -0.0882 e. The Morgan fingerprint density at radius 2 is 2.43 bits per heavy atom. The fraction of sp³-hybridized carbons (Fsp3) is 0.714. The van der Waals surface area contributed by atoms with E-state index in [4.69, 9.17) is 0 Å². The molecule has 0 bridgehead atoms. The molecule has 0 aromatic carbocycles. The summed E-state index contributed by atoms with van der Waals surface area (Å²) in [6, 6.07) is 0. The van der Waals surface area contributed by atoms with Crippen molar-refractivity contribution in [2.45, 2.75) is 19.3 Å². The van der Waals surface area contributed by atoms with E-state index in [9.17, 15) is 0 Å². The molecule has 2 aliphatic rings. The molecule has 0 spiro atoms. The van der Waals surface area contributed by atoms with Gasteiger partial charge in [-0.05, 0) is 31.1 Å². The van der Waals surface area contributed by atoms with Gasteiger partial charge in [0.15, 0.2) is 0 Å². The SMILES string of the molecule is C1=CC2CC2CC1. The van der Waals surface area contributed by atoms with Crippen molar-refractivity contribution in [3.05, 3.63) is 12.2 Å². The van der Waals surface area contributed by atoms with Crippen LogP contribution in [0.4, 0.5) is 0 Å². The van der Waals surface area contributed by atoms with Gasteiger partial charge in [0.05, 0.1) is 0 Å². The van der Waals surface area contributed by atoms with Crippen molar-refractivity contribution < 1.29 is 0 Å². The highest BCUT2D eigenvalue weighted by atomic mass is 14.4. The molecule has 7 heavy (non-hydrogen) atoms. The Balaban J connectivity index is 2.14. The molecule has 2 unspecified atom stereocenters. The third-order valence-electron chi connectivity index (χ3n) is 2.06. The summed E-state index contributed by atoms with van der Waals surface area (Å²) >= 11 is 0. The van der Waals surface area contributed by atoms with Crippen LogP contribution >= 0.6 is 0 Å². The largest absolute Gasteiger partial charge is 0.0882 e. The number of hydrogen-bond acceptors (Lipinski definition) is 0. The van der Waals surface area contributed by atoms with Gasteiger partial charge in [0.25, 0.3) is 0 Å². The monoisotopic (exact) mass is 94.1 g/mol. The zero-order chi connectivity index (χ0) is 4.69. The smallest absolute Gasteiger partial charge is 0.0202 e. The molecule has 0 aromatic rings. The van der Waals surface area contributed by atoms with Crippen molar-refractivity contribution in [1.82, 2.24) is 0 Å². The quantitative estimate of drug-likeness (QED) is 0.402. The number of hydrogen-bond donors (Lipinski definition) is 0. The molecule has 0 radical (unpaired) electrons. The molecule has 0 N–H and O–H groups in total. The predicted octanol–water partition coefficient (Wildman–Crippen LogP) is 1.97. The summed E-state index contributed by atoms with van der Waals surface area (Å²) in [7, 11) is 0. The van der Waals surface area contributed by atoms with Gasteiger partial charge in [0.1, 0.15) is 0 Å². The zero-order valence-corrected chi connectivity index (χ0v) is 4.43. The van der Waals surface area contributed by atoms with Crippen LogP contribution in [0.1, 0.15) is 19.3 Å². The Labute approximate surface area is 44.2 Å². The van der Waals surface area contributed by atoms with E-state index in [2.05, 4.69) is 12.2 Å². The standard InChI is InChI=1S/C7H10/c1-2-4-7-5-6(7)3-1/h1,3,6-7H,2,4-5H2. The molecule has 0 aliphatic heterocycles. The summed E-state index contributed by atoms with van der Waals surface area (Å²) in [5, 5.41) is 0. The Kier molecular flexibility index (Phi) is 0.592. The maximum absolute atomic E-state index is 2.38. The Bertz CT molecular complexity index is 103. The van der Waals surface area contributed by atoms with Crippen LogP contribution in [-0.2, 0) is 0 Å². The minimum absolute atomic E-state index is 1.02. The molecule has 0 amide bonds. The fourth-order valence-corrected chi connectivity index (χ4v) is 1.42. The Morgan fingerprint density at radius 3 is 3.00 bits per heavy atom. The molecule has 0 saturated heterocycles. The van der Waals surface area contributed by atoms with Crippen molar-refractivity contribution in [1.29, 1.82) is 0 Å². The van der Waals surface area contributed by atoms with Crippen LogP contribution in [0.15, 0.2) is 12.2 Å². The van der Waals surface area contributed by atoms with Gasteiger partial charge in [-0.3, -0.25) is 0 Å². The van der Waals surface area contributed by atoms with Gasteiger partial charge < -0.3 is 0 Å². The van der Waals surface area contributed by atoms with Crippen molar-refractivity contribution in [3.8, 4) is 0 Å². The van der Waals surface area contributed by atoms with E-state index < -0.39 is 0 Å². The molecule has 0 nitrogen and oxygen atoms in total. The summed E-state index contributed by atoms with van der Waals surface area (Å²) in [6.07, 6.45) is 9.03. The molecule has 38 valence electrons. The van der Waals surface area contributed by atoms with Crippen LogP contribution in [0, 0.1) is 11.8 Å². The first-order valence-electron chi connectivity index (χ1n) is 3.13. The second-order valence-corrected chi connectivity index (χ2v) is 2.67. The van der Waals surface area contributed by atoms with Crippen LogP contribution in [0.3, 0.4) is 0 Å². The first kappa shape index (κ1) is 3.71. The highest BCUT2D eigenvalue weighted by Gasteiger charge is 2.35. The van der Waals surface area contributed by atoms with E-state index in [0.29, 0.717) is 0 Å². The van der Waals surface area contributed by atoms with Crippen molar-refractivity contribution in [3.63, 3.8) is 0 Å². The molecule has 1 saturated carbocycles. The second-order valence-electron chi connectivity index (χ2n) is 2.67. The highest BCUT2D eigenvalue weighted by Crippen LogP contribution is 2.45. The molecular weight excluding hydrogens is 84.1 g/mol. The third kappa shape index (κ3) is 0.495. The maximum atomic E-state index is 2.38. The Morgan fingerprint density at radius 1 is 1.43 bits per heavy atom. The van der Waals surface area contributed by atoms with Gasteiger partial charge >= 0.3 is 0 Å². The van der Waals surface area contributed by atoms with Crippen molar-refractivity contribution >= 4 is 0 Å². The topological polar surface area (TPSA) is 0 Å². The van der Waals surface area contributed by atoms with Crippen molar-refractivity contribution in [2.75, 3.05) is 0 Å². The van der Waals surface area contributed by atoms with E-state index >= 15 is 0 Å². The van der Waals surface area contributed by atoms with Crippen molar-refractivity contribution in [2.24, 2.45) is 11.8 Å².